The largest absolute Gasteiger partial charge is 0.443 e. The first kappa shape index (κ1) is 8.46. The molecule has 2 rings (SSSR count). The number of rotatable bonds is 3. The second-order valence-electron chi connectivity index (χ2n) is 2.59. The number of hydrogen-bond donors (Lipinski definition) is 0. The Labute approximate surface area is 74.8 Å². The molecule has 0 spiro atoms. The summed E-state index contributed by atoms with van der Waals surface area (Å²) in [6, 6.07) is 0. The van der Waals surface area contributed by atoms with Gasteiger partial charge in [0.2, 0.25) is 0 Å². The van der Waals surface area contributed by atoms with Crippen LogP contribution in [0.1, 0.15) is 5.82 Å². The first-order valence-corrected chi connectivity index (χ1v) is 4.01. The second kappa shape index (κ2) is 3.71. The Morgan fingerprint density at radius 1 is 1.46 bits per heavy atom. The zero-order chi connectivity index (χ0) is 9.10. The predicted octanol–water partition coefficient (Wildman–Crippen LogP) is 0.130. The van der Waals surface area contributed by atoms with Crippen LogP contribution >= 0.6 is 0 Å². The van der Waals surface area contributed by atoms with E-state index in [-0.39, 0.29) is 19.0 Å². The summed E-state index contributed by atoms with van der Waals surface area (Å²) in [5, 5.41) is 3.57. The van der Waals surface area contributed by atoms with Gasteiger partial charge in [-0.1, -0.05) is 5.16 Å². The molecule has 0 aromatic carbocycles. The summed E-state index contributed by atoms with van der Waals surface area (Å²) in [6.45, 7) is 3.22. The van der Waals surface area contributed by atoms with Crippen LogP contribution in [-0.4, -0.2) is 36.3 Å². The fourth-order valence-electron chi connectivity index (χ4n) is 0.979. The summed E-state index contributed by atoms with van der Waals surface area (Å²) in [4.78, 5) is 3.86. The van der Waals surface area contributed by atoms with Gasteiger partial charge in [-0.2, -0.15) is 4.98 Å². The molecule has 0 saturated carbocycles. The van der Waals surface area contributed by atoms with Crippen LogP contribution in [0.3, 0.4) is 0 Å². The molecular weight excluding hydrogens is 176 g/mol. The van der Waals surface area contributed by atoms with E-state index >= 15 is 0 Å². The number of ether oxygens (including phenoxy) is 3. The molecule has 1 aliphatic heterocycles. The SMILES string of the molecule is Cc1noc(OCC2OCCO2)n1. The maximum absolute atomic E-state index is 5.14. The van der Waals surface area contributed by atoms with Gasteiger partial charge in [0.05, 0.1) is 13.2 Å². The molecule has 0 bridgehead atoms. The average molecular weight is 186 g/mol. The molecule has 72 valence electrons. The first-order valence-electron chi connectivity index (χ1n) is 4.01. The fraction of sp³-hybridized carbons (Fsp3) is 0.714. The Kier molecular flexibility index (Phi) is 2.42. The van der Waals surface area contributed by atoms with Gasteiger partial charge in [0.15, 0.2) is 12.1 Å². The smallest absolute Gasteiger partial charge is 0.417 e. The highest BCUT2D eigenvalue weighted by Crippen LogP contribution is 2.09. The summed E-state index contributed by atoms with van der Waals surface area (Å²) >= 11 is 0. The fourth-order valence-corrected chi connectivity index (χ4v) is 0.979. The summed E-state index contributed by atoms with van der Waals surface area (Å²) in [5.74, 6) is 0.545. The van der Waals surface area contributed by atoms with E-state index in [0.29, 0.717) is 19.0 Å². The first-order chi connectivity index (χ1) is 6.34. The highest BCUT2D eigenvalue weighted by Gasteiger charge is 2.17. The van der Waals surface area contributed by atoms with Crippen molar-refractivity contribution < 1.29 is 18.7 Å². The Morgan fingerprint density at radius 3 is 2.85 bits per heavy atom. The van der Waals surface area contributed by atoms with Crippen LogP contribution < -0.4 is 4.74 Å². The highest BCUT2D eigenvalue weighted by atomic mass is 16.7. The molecule has 2 heterocycles. The Balaban J connectivity index is 1.78. The van der Waals surface area contributed by atoms with E-state index in [0.717, 1.165) is 0 Å². The van der Waals surface area contributed by atoms with Crippen LogP contribution in [0.2, 0.25) is 0 Å². The van der Waals surface area contributed by atoms with Crippen LogP contribution in [0.25, 0.3) is 0 Å². The van der Waals surface area contributed by atoms with Crippen molar-refractivity contribution in [3.8, 4) is 6.08 Å². The summed E-state index contributed by atoms with van der Waals surface area (Å²) in [5.41, 5.74) is 0. The Morgan fingerprint density at radius 2 is 2.23 bits per heavy atom. The van der Waals surface area contributed by atoms with Crippen LogP contribution in [0, 0.1) is 6.92 Å². The van der Waals surface area contributed by atoms with Crippen molar-refractivity contribution in [3.63, 3.8) is 0 Å². The molecule has 0 N–H and O–H groups in total. The molecule has 0 unspecified atom stereocenters. The molecule has 1 fully saturated rings. The molecule has 1 aromatic heterocycles. The highest BCUT2D eigenvalue weighted by molar-refractivity contribution is 4.86. The van der Waals surface area contributed by atoms with Crippen LogP contribution in [0.5, 0.6) is 6.08 Å². The van der Waals surface area contributed by atoms with E-state index in [2.05, 4.69) is 10.1 Å². The molecule has 1 aromatic rings. The van der Waals surface area contributed by atoms with Crippen molar-refractivity contribution in [2.75, 3.05) is 19.8 Å². The number of aryl methyl sites for hydroxylation is 1. The lowest BCUT2D eigenvalue weighted by molar-refractivity contribution is -0.0738. The third-order valence-electron chi connectivity index (χ3n) is 1.54. The van der Waals surface area contributed by atoms with Gasteiger partial charge in [0.1, 0.15) is 6.61 Å². The van der Waals surface area contributed by atoms with Gasteiger partial charge >= 0.3 is 6.08 Å². The maximum Gasteiger partial charge on any atom is 0.417 e. The van der Waals surface area contributed by atoms with Crippen molar-refractivity contribution >= 4 is 0 Å². The Hall–Kier alpha value is -1.14. The van der Waals surface area contributed by atoms with E-state index in [1.807, 2.05) is 0 Å². The van der Waals surface area contributed by atoms with Gasteiger partial charge in [0.25, 0.3) is 0 Å². The predicted molar refractivity (Wildman–Crippen MR) is 40.2 cm³/mol. The number of aromatic nitrogens is 2. The van der Waals surface area contributed by atoms with Gasteiger partial charge in [-0.15, -0.1) is 0 Å². The monoisotopic (exact) mass is 186 g/mol. The topological polar surface area (TPSA) is 66.6 Å². The lowest BCUT2D eigenvalue weighted by Crippen LogP contribution is -2.18. The van der Waals surface area contributed by atoms with Crippen molar-refractivity contribution in [2.45, 2.75) is 13.2 Å². The van der Waals surface area contributed by atoms with Gasteiger partial charge < -0.3 is 14.2 Å². The zero-order valence-corrected chi connectivity index (χ0v) is 7.23. The zero-order valence-electron chi connectivity index (χ0n) is 7.23. The quantitative estimate of drug-likeness (QED) is 0.668. The molecule has 1 saturated heterocycles. The lowest BCUT2D eigenvalue weighted by Gasteiger charge is -2.06. The molecule has 0 aliphatic carbocycles. The van der Waals surface area contributed by atoms with E-state index in [9.17, 15) is 0 Å². The van der Waals surface area contributed by atoms with Crippen LogP contribution in [0.4, 0.5) is 0 Å². The third-order valence-corrected chi connectivity index (χ3v) is 1.54. The van der Waals surface area contributed by atoms with Gasteiger partial charge in [-0.3, -0.25) is 4.52 Å². The molecule has 6 heteroatoms. The van der Waals surface area contributed by atoms with Crippen molar-refractivity contribution in [3.05, 3.63) is 5.82 Å². The second-order valence-corrected chi connectivity index (χ2v) is 2.59. The van der Waals surface area contributed by atoms with Gasteiger partial charge in [-0.25, -0.2) is 0 Å². The van der Waals surface area contributed by atoms with E-state index in [1.54, 1.807) is 6.92 Å². The summed E-state index contributed by atoms with van der Waals surface area (Å²) in [6.07, 6.45) is -0.163. The molecule has 1 aliphatic rings. The van der Waals surface area contributed by atoms with Crippen molar-refractivity contribution in [1.82, 2.24) is 10.1 Å². The number of hydrogen-bond acceptors (Lipinski definition) is 6. The van der Waals surface area contributed by atoms with E-state index < -0.39 is 0 Å². The minimum atomic E-state index is -0.313. The van der Waals surface area contributed by atoms with Gasteiger partial charge in [-0.05, 0) is 6.92 Å². The summed E-state index contributed by atoms with van der Waals surface area (Å²) < 4.78 is 20.1. The normalized spacial score (nSPS) is 17.9. The molecule has 6 nitrogen and oxygen atoms in total. The minimum absolute atomic E-state index is 0.150. The van der Waals surface area contributed by atoms with Crippen molar-refractivity contribution in [1.29, 1.82) is 0 Å². The summed E-state index contributed by atoms with van der Waals surface area (Å²) in [7, 11) is 0. The molecule has 0 amide bonds. The third kappa shape index (κ3) is 2.16. The van der Waals surface area contributed by atoms with E-state index in [4.69, 9.17) is 18.7 Å². The number of nitrogens with zero attached hydrogens (tertiary/aromatic N) is 2. The van der Waals surface area contributed by atoms with Crippen LogP contribution in [0.15, 0.2) is 4.52 Å². The molecule has 13 heavy (non-hydrogen) atoms. The van der Waals surface area contributed by atoms with Gasteiger partial charge in [0, 0.05) is 0 Å². The standard InChI is InChI=1S/C7H10N2O4/c1-5-8-7(13-9-5)12-4-6-10-2-3-11-6/h6H,2-4H2,1H3. The molecule has 0 atom stereocenters. The van der Waals surface area contributed by atoms with Crippen LogP contribution in [-0.2, 0) is 9.47 Å². The molecular formula is C7H10N2O4. The maximum atomic E-state index is 5.14. The lowest BCUT2D eigenvalue weighted by atomic mass is 10.7. The van der Waals surface area contributed by atoms with Crippen molar-refractivity contribution in [2.24, 2.45) is 0 Å². The Bertz CT molecular complexity index is 269. The molecule has 0 radical (unpaired) electrons. The minimum Gasteiger partial charge on any atom is -0.443 e. The average Bonchev–Trinajstić information content (AvgIpc) is 2.71. The van der Waals surface area contributed by atoms with E-state index in [1.165, 1.54) is 0 Å².